The van der Waals surface area contributed by atoms with Gasteiger partial charge in [-0.15, -0.1) is 0 Å². The van der Waals surface area contributed by atoms with Crippen molar-refractivity contribution in [2.24, 2.45) is 0 Å². The molecule has 2 rings (SSSR count). The fraction of sp³-hybridized carbons (Fsp3) is 0.250. The molecule has 0 unspecified atom stereocenters. The molecule has 5 nitrogen and oxygen atoms in total. The highest BCUT2D eigenvalue weighted by Gasteiger charge is 2.19. The first-order chi connectivity index (χ1) is 11.4. The van der Waals surface area contributed by atoms with E-state index in [9.17, 15) is 17.2 Å². The molecule has 0 aliphatic carbocycles. The summed E-state index contributed by atoms with van der Waals surface area (Å²) in [6.45, 7) is 0.804. The van der Waals surface area contributed by atoms with Crippen LogP contribution in [0.25, 0.3) is 0 Å². The highest BCUT2D eigenvalue weighted by atomic mass is 32.2. The van der Waals surface area contributed by atoms with Crippen molar-refractivity contribution in [3.05, 3.63) is 59.7 Å². The Balaban J connectivity index is 2.00. The number of benzene rings is 2. The highest BCUT2D eigenvalue weighted by molar-refractivity contribution is 7.89. The van der Waals surface area contributed by atoms with Crippen molar-refractivity contribution in [2.75, 3.05) is 20.3 Å². The summed E-state index contributed by atoms with van der Waals surface area (Å²) in [7, 11) is -2.58. The van der Waals surface area contributed by atoms with Gasteiger partial charge < -0.3 is 9.47 Å². The van der Waals surface area contributed by atoms with Crippen LogP contribution in [0, 0.1) is 11.6 Å². The van der Waals surface area contributed by atoms with Gasteiger partial charge in [-0.2, -0.15) is 0 Å². The quantitative estimate of drug-likeness (QED) is 0.737. The molecule has 0 aromatic heterocycles. The third-order valence-corrected chi connectivity index (χ3v) is 4.54. The average molecular weight is 357 g/mol. The lowest BCUT2D eigenvalue weighted by molar-refractivity contribution is 0.146. The van der Waals surface area contributed by atoms with Gasteiger partial charge in [0.05, 0.1) is 6.61 Å². The maximum atomic E-state index is 13.6. The van der Waals surface area contributed by atoms with Gasteiger partial charge in [-0.1, -0.05) is 12.1 Å². The molecule has 0 saturated heterocycles. The zero-order valence-corrected chi connectivity index (χ0v) is 13.8. The summed E-state index contributed by atoms with van der Waals surface area (Å²) in [5, 5.41) is 0. The summed E-state index contributed by atoms with van der Waals surface area (Å²) in [6, 6.07) is 8.99. The molecule has 130 valence electrons. The minimum absolute atomic E-state index is 0.0589. The van der Waals surface area contributed by atoms with Crippen molar-refractivity contribution in [3.8, 4) is 5.75 Å². The summed E-state index contributed by atoms with van der Waals surface area (Å²) in [5.74, 6) is -1.21. The van der Waals surface area contributed by atoms with Crippen molar-refractivity contribution < 1.29 is 26.7 Å². The van der Waals surface area contributed by atoms with E-state index in [1.54, 1.807) is 31.4 Å². The second-order valence-corrected chi connectivity index (χ2v) is 6.62. The Hall–Kier alpha value is -2.03. The lowest BCUT2D eigenvalue weighted by atomic mass is 10.2. The topological polar surface area (TPSA) is 64.6 Å². The van der Waals surface area contributed by atoms with Gasteiger partial charge in [-0.05, 0) is 35.9 Å². The van der Waals surface area contributed by atoms with Crippen molar-refractivity contribution in [3.63, 3.8) is 0 Å². The molecule has 0 atom stereocenters. The fourth-order valence-electron chi connectivity index (χ4n) is 1.89. The first kappa shape index (κ1) is 18.3. The first-order valence-electron chi connectivity index (χ1n) is 7.08. The van der Waals surface area contributed by atoms with E-state index in [2.05, 4.69) is 4.72 Å². The van der Waals surface area contributed by atoms with E-state index in [0.717, 1.165) is 12.1 Å². The number of nitrogens with one attached hydrogen (secondary N) is 1. The third-order valence-electron chi connectivity index (χ3n) is 3.13. The molecular weight excluding hydrogens is 340 g/mol. The van der Waals surface area contributed by atoms with Gasteiger partial charge in [-0.3, -0.25) is 0 Å². The zero-order chi connectivity index (χ0) is 17.6. The Morgan fingerprint density at radius 2 is 1.75 bits per heavy atom. The van der Waals surface area contributed by atoms with Gasteiger partial charge in [0.15, 0.2) is 0 Å². The van der Waals surface area contributed by atoms with E-state index in [-0.39, 0.29) is 6.54 Å². The molecule has 0 saturated carbocycles. The predicted octanol–water partition coefficient (Wildman–Crippen LogP) is 2.47. The number of halogens is 2. The minimum atomic E-state index is -4.15. The molecule has 0 heterocycles. The zero-order valence-electron chi connectivity index (χ0n) is 13.0. The van der Waals surface area contributed by atoms with Crippen LogP contribution in [0.5, 0.6) is 5.75 Å². The largest absolute Gasteiger partial charge is 0.491 e. The molecule has 0 radical (unpaired) electrons. The maximum absolute atomic E-state index is 13.6. The monoisotopic (exact) mass is 357 g/mol. The molecule has 0 aliphatic rings. The molecule has 1 N–H and O–H groups in total. The average Bonchev–Trinajstić information content (AvgIpc) is 2.56. The summed E-state index contributed by atoms with van der Waals surface area (Å²) in [4.78, 5) is -0.720. The van der Waals surface area contributed by atoms with E-state index in [1.165, 1.54) is 0 Å². The third kappa shape index (κ3) is 4.98. The van der Waals surface area contributed by atoms with Crippen LogP contribution < -0.4 is 9.46 Å². The van der Waals surface area contributed by atoms with Crippen LogP contribution in [0.4, 0.5) is 8.78 Å². The lowest BCUT2D eigenvalue weighted by Crippen LogP contribution is -2.24. The lowest BCUT2D eigenvalue weighted by Gasteiger charge is -2.09. The Labute approximate surface area is 139 Å². The minimum Gasteiger partial charge on any atom is -0.491 e. The summed E-state index contributed by atoms with van der Waals surface area (Å²) < 4.78 is 63.3. The van der Waals surface area contributed by atoms with Gasteiger partial charge in [-0.25, -0.2) is 21.9 Å². The highest BCUT2D eigenvalue weighted by Crippen LogP contribution is 2.17. The fourth-order valence-corrected chi connectivity index (χ4v) is 2.99. The number of methoxy groups -OCH3 is 1. The van der Waals surface area contributed by atoms with Crippen LogP contribution in [0.1, 0.15) is 5.56 Å². The summed E-state index contributed by atoms with van der Waals surface area (Å²) in [5.41, 5.74) is 0.648. The van der Waals surface area contributed by atoms with Crippen LogP contribution in [0.2, 0.25) is 0 Å². The summed E-state index contributed by atoms with van der Waals surface area (Å²) >= 11 is 0. The van der Waals surface area contributed by atoms with Gasteiger partial charge in [0, 0.05) is 13.7 Å². The molecule has 2 aromatic rings. The molecule has 0 aliphatic heterocycles. The molecule has 2 aromatic carbocycles. The number of sulfonamides is 1. The van der Waals surface area contributed by atoms with Gasteiger partial charge in [0.25, 0.3) is 0 Å². The number of ether oxygens (including phenoxy) is 2. The van der Waals surface area contributed by atoms with Crippen molar-refractivity contribution in [2.45, 2.75) is 11.4 Å². The SMILES string of the molecule is COCCOc1ccc(CNS(=O)(=O)c2cc(F)ccc2F)cc1. The van der Waals surface area contributed by atoms with E-state index in [4.69, 9.17) is 9.47 Å². The second-order valence-electron chi connectivity index (χ2n) is 4.88. The van der Waals surface area contributed by atoms with Crippen molar-refractivity contribution >= 4 is 10.0 Å². The number of rotatable bonds is 8. The van der Waals surface area contributed by atoms with Crippen LogP contribution in [-0.2, 0) is 21.3 Å². The Morgan fingerprint density at radius 3 is 2.42 bits per heavy atom. The van der Waals surface area contributed by atoms with Crippen molar-refractivity contribution in [1.29, 1.82) is 0 Å². The van der Waals surface area contributed by atoms with Crippen LogP contribution in [-0.4, -0.2) is 28.7 Å². The van der Waals surface area contributed by atoms with Crippen LogP contribution in [0.15, 0.2) is 47.4 Å². The number of hydrogen-bond acceptors (Lipinski definition) is 4. The Kier molecular flexibility index (Phi) is 6.24. The van der Waals surface area contributed by atoms with Crippen LogP contribution >= 0.6 is 0 Å². The predicted molar refractivity (Wildman–Crippen MR) is 84.2 cm³/mol. The summed E-state index contributed by atoms with van der Waals surface area (Å²) in [6.07, 6.45) is 0. The molecule has 0 bridgehead atoms. The first-order valence-corrected chi connectivity index (χ1v) is 8.56. The Morgan fingerprint density at radius 1 is 1.04 bits per heavy atom. The normalized spacial score (nSPS) is 11.5. The van der Waals surface area contributed by atoms with Gasteiger partial charge >= 0.3 is 0 Å². The van der Waals surface area contributed by atoms with Gasteiger partial charge in [0.1, 0.15) is 28.9 Å². The standard InChI is InChI=1S/C16H17F2NO4S/c1-22-8-9-23-14-5-2-12(3-6-14)11-19-24(20,21)16-10-13(17)4-7-15(16)18/h2-7,10,19H,8-9,11H2,1H3. The van der Waals surface area contributed by atoms with Crippen molar-refractivity contribution in [1.82, 2.24) is 4.72 Å². The molecule has 0 spiro atoms. The molecule has 24 heavy (non-hydrogen) atoms. The molecule has 8 heteroatoms. The smallest absolute Gasteiger partial charge is 0.243 e. The van der Waals surface area contributed by atoms with E-state index in [0.29, 0.717) is 30.6 Å². The van der Waals surface area contributed by atoms with E-state index >= 15 is 0 Å². The Bertz CT molecular complexity index is 779. The number of hydrogen-bond donors (Lipinski definition) is 1. The molecule has 0 fully saturated rings. The van der Waals surface area contributed by atoms with Crippen LogP contribution in [0.3, 0.4) is 0 Å². The second kappa shape index (κ2) is 8.18. The van der Waals surface area contributed by atoms with Gasteiger partial charge in [0.2, 0.25) is 10.0 Å². The molecular formula is C16H17F2NO4S. The maximum Gasteiger partial charge on any atom is 0.243 e. The van der Waals surface area contributed by atoms with E-state index in [1.807, 2.05) is 0 Å². The van der Waals surface area contributed by atoms with E-state index < -0.39 is 26.6 Å². The molecule has 0 amide bonds.